The summed E-state index contributed by atoms with van der Waals surface area (Å²) in [6, 6.07) is 8.05. The van der Waals surface area contributed by atoms with Gasteiger partial charge in [-0.15, -0.1) is 0 Å². The number of nitrogens with one attached hydrogen (secondary N) is 1. The van der Waals surface area contributed by atoms with Gasteiger partial charge in [0.25, 0.3) is 5.91 Å². The van der Waals surface area contributed by atoms with Gasteiger partial charge >= 0.3 is 0 Å². The molecule has 2 atom stereocenters. The minimum atomic E-state index is 0.00000283. The number of hydrogen-bond acceptors (Lipinski definition) is 2. The number of nitrogens with two attached hydrogens (primary N) is 1. The molecule has 1 aliphatic carbocycles. The highest BCUT2D eigenvalue weighted by Crippen LogP contribution is 2.17. The highest BCUT2D eigenvalue weighted by Gasteiger charge is 2.23. The molecule has 3 heteroatoms. The highest BCUT2D eigenvalue weighted by atomic mass is 16.1. The van der Waals surface area contributed by atoms with Gasteiger partial charge in [-0.25, -0.2) is 0 Å². The minimum Gasteiger partial charge on any atom is -0.348 e. The minimum absolute atomic E-state index is 0.00000283. The van der Waals surface area contributed by atoms with Crippen molar-refractivity contribution in [3.05, 3.63) is 35.4 Å². The van der Waals surface area contributed by atoms with Crippen LogP contribution >= 0.6 is 0 Å². The Bertz CT molecular complexity index is 399. The van der Waals surface area contributed by atoms with Crippen LogP contribution in [0.4, 0.5) is 0 Å². The number of amides is 1. The molecule has 0 radical (unpaired) electrons. The molecule has 98 valence electrons. The molecule has 1 aromatic carbocycles. The van der Waals surface area contributed by atoms with Crippen LogP contribution in [0.2, 0.25) is 0 Å². The van der Waals surface area contributed by atoms with E-state index in [9.17, 15) is 4.79 Å². The highest BCUT2D eigenvalue weighted by molar-refractivity contribution is 5.94. The molecular formula is C15H22N2O. The molecular weight excluding hydrogens is 224 g/mol. The van der Waals surface area contributed by atoms with Gasteiger partial charge in [0.2, 0.25) is 0 Å². The SMILES string of the molecule is CCc1ccc(C(=O)NC2CCCCC2N)cc1. The van der Waals surface area contributed by atoms with Crippen LogP contribution in [-0.2, 0) is 6.42 Å². The summed E-state index contributed by atoms with van der Waals surface area (Å²) in [5.74, 6) is 0.00000283. The molecule has 0 saturated heterocycles. The zero-order valence-corrected chi connectivity index (χ0v) is 11.0. The molecule has 0 aliphatic heterocycles. The molecule has 3 nitrogen and oxygen atoms in total. The Labute approximate surface area is 109 Å². The van der Waals surface area contributed by atoms with Crippen LogP contribution in [0.1, 0.15) is 48.5 Å². The monoisotopic (exact) mass is 246 g/mol. The van der Waals surface area contributed by atoms with Crippen molar-refractivity contribution in [3.63, 3.8) is 0 Å². The van der Waals surface area contributed by atoms with E-state index in [4.69, 9.17) is 5.73 Å². The Morgan fingerprint density at radius 3 is 2.56 bits per heavy atom. The summed E-state index contributed by atoms with van der Waals surface area (Å²) in [4.78, 5) is 12.1. The first kappa shape index (κ1) is 13.1. The molecule has 3 N–H and O–H groups in total. The van der Waals surface area contributed by atoms with E-state index in [0.717, 1.165) is 31.2 Å². The summed E-state index contributed by atoms with van der Waals surface area (Å²) >= 11 is 0. The number of benzene rings is 1. The lowest BCUT2D eigenvalue weighted by atomic mass is 9.91. The van der Waals surface area contributed by atoms with Crippen LogP contribution in [0.25, 0.3) is 0 Å². The zero-order valence-electron chi connectivity index (χ0n) is 11.0. The van der Waals surface area contributed by atoms with Crippen LogP contribution in [0.15, 0.2) is 24.3 Å². The van der Waals surface area contributed by atoms with Crippen molar-refractivity contribution >= 4 is 5.91 Å². The van der Waals surface area contributed by atoms with Gasteiger partial charge in [0.05, 0.1) is 0 Å². The maximum Gasteiger partial charge on any atom is 0.251 e. The molecule has 1 saturated carbocycles. The van der Waals surface area contributed by atoms with Crippen molar-refractivity contribution in [1.29, 1.82) is 0 Å². The van der Waals surface area contributed by atoms with Gasteiger partial charge in [-0.1, -0.05) is 31.9 Å². The van der Waals surface area contributed by atoms with Crippen molar-refractivity contribution < 1.29 is 4.79 Å². The summed E-state index contributed by atoms with van der Waals surface area (Å²) in [6.45, 7) is 2.11. The van der Waals surface area contributed by atoms with E-state index in [2.05, 4.69) is 12.2 Å². The second-order valence-electron chi connectivity index (χ2n) is 5.08. The van der Waals surface area contributed by atoms with Crippen LogP contribution in [0, 0.1) is 0 Å². The van der Waals surface area contributed by atoms with Crippen molar-refractivity contribution in [2.75, 3.05) is 0 Å². The number of carbonyl (C=O) groups excluding carboxylic acids is 1. The predicted molar refractivity (Wildman–Crippen MR) is 73.5 cm³/mol. The van der Waals surface area contributed by atoms with Gasteiger partial charge in [-0.2, -0.15) is 0 Å². The lowest BCUT2D eigenvalue weighted by Gasteiger charge is -2.29. The van der Waals surface area contributed by atoms with Crippen LogP contribution in [0.5, 0.6) is 0 Å². The average Bonchev–Trinajstić information content (AvgIpc) is 2.41. The summed E-state index contributed by atoms with van der Waals surface area (Å²) in [7, 11) is 0. The third-order valence-corrected chi connectivity index (χ3v) is 3.76. The topological polar surface area (TPSA) is 55.1 Å². The third-order valence-electron chi connectivity index (χ3n) is 3.76. The first-order valence-electron chi connectivity index (χ1n) is 6.86. The number of hydrogen-bond donors (Lipinski definition) is 2. The Balaban J connectivity index is 1.97. The van der Waals surface area contributed by atoms with Gasteiger partial charge in [0.1, 0.15) is 0 Å². The van der Waals surface area contributed by atoms with E-state index >= 15 is 0 Å². The molecule has 2 unspecified atom stereocenters. The Morgan fingerprint density at radius 2 is 1.94 bits per heavy atom. The van der Waals surface area contributed by atoms with Gasteiger partial charge in [0.15, 0.2) is 0 Å². The van der Waals surface area contributed by atoms with E-state index in [1.54, 1.807) is 0 Å². The molecule has 18 heavy (non-hydrogen) atoms. The summed E-state index contributed by atoms with van der Waals surface area (Å²) in [5.41, 5.74) is 8.01. The van der Waals surface area contributed by atoms with Crippen molar-refractivity contribution in [2.45, 2.75) is 51.1 Å². The lowest BCUT2D eigenvalue weighted by molar-refractivity contribution is 0.0921. The largest absolute Gasteiger partial charge is 0.348 e. The summed E-state index contributed by atoms with van der Waals surface area (Å²) in [5, 5.41) is 3.06. The van der Waals surface area contributed by atoms with Gasteiger partial charge in [0, 0.05) is 17.6 Å². The van der Waals surface area contributed by atoms with Crippen molar-refractivity contribution in [1.82, 2.24) is 5.32 Å². The van der Waals surface area contributed by atoms with Gasteiger partial charge < -0.3 is 11.1 Å². The fourth-order valence-corrected chi connectivity index (χ4v) is 2.48. The zero-order chi connectivity index (χ0) is 13.0. The number of aryl methyl sites for hydroxylation is 1. The fourth-order valence-electron chi connectivity index (χ4n) is 2.48. The summed E-state index contributed by atoms with van der Waals surface area (Å²) < 4.78 is 0. The van der Waals surface area contributed by atoms with Gasteiger partial charge in [-0.05, 0) is 37.0 Å². The number of rotatable bonds is 3. The molecule has 0 spiro atoms. The van der Waals surface area contributed by atoms with Crippen LogP contribution in [0.3, 0.4) is 0 Å². The second-order valence-corrected chi connectivity index (χ2v) is 5.08. The normalized spacial score (nSPS) is 23.7. The first-order chi connectivity index (χ1) is 8.70. The average molecular weight is 246 g/mol. The predicted octanol–water partition coefficient (Wildman–Crippen LogP) is 2.25. The summed E-state index contributed by atoms with van der Waals surface area (Å²) in [6.07, 6.45) is 5.35. The lowest BCUT2D eigenvalue weighted by Crippen LogP contribution is -2.49. The Kier molecular flexibility index (Phi) is 4.37. The van der Waals surface area contributed by atoms with E-state index in [1.165, 1.54) is 12.0 Å². The van der Waals surface area contributed by atoms with Crippen molar-refractivity contribution in [2.24, 2.45) is 5.73 Å². The molecule has 2 rings (SSSR count). The molecule has 1 aromatic rings. The fraction of sp³-hybridized carbons (Fsp3) is 0.533. The van der Waals surface area contributed by atoms with E-state index < -0.39 is 0 Å². The standard InChI is InChI=1S/C15H22N2O/c1-2-11-7-9-12(10-8-11)15(18)17-14-6-4-3-5-13(14)16/h7-10,13-14H,2-6,16H2,1H3,(H,17,18). The van der Waals surface area contributed by atoms with Crippen LogP contribution in [-0.4, -0.2) is 18.0 Å². The molecule has 0 bridgehead atoms. The smallest absolute Gasteiger partial charge is 0.251 e. The molecule has 0 heterocycles. The maximum atomic E-state index is 12.1. The van der Waals surface area contributed by atoms with E-state index in [0.29, 0.717) is 0 Å². The molecule has 1 aliphatic rings. The van der Waals surface area contributed by atoms with E-state index in [-0.39, 0.29) is 18.0 Å². The molecule has 0 aromatic heterocycles. The molecule has 1 fully saturated rings. The maximum absolute atomic E-state index is 12.1. The Hall–Kier alpha value is -1.35. The first-order valence-corrected chi connectivity index (χ1v) is 6.86. The van der Waals surface area contributed by atoms with E-state index in [1.807, 2.05) is 24.3 Å². The Morgan fingerprint density at radius 1 is 1.28 bits per heavy atom. The van der Waals surface area contributed by atoms with Crippen molar-refractivity contribution in [3.8, 4) is 0 Å². The quantitative estimate of drug-likeness (QED) is 0.859. The van der Waals surface area contributed by atoms with Crippen LogP contribution < -0.4 is 11.1 Å². The molecule has 1 amide bonds. The van der Waals surface area contributed by atoms with Gasteiger partial charge in [-0.3, -0.25) is 4.79 Å². The second kappa shape index (κ2) is 6.01. The third kappa shape index (κ3) is 3.10. The number of carbonyl (C=O) groups is 1.